The lowest BCUT2D eigenvalue weighted by Gasteiger charge is -2.29. The van der Waals surface area contributed by atoms with Gasteiger partial charge in [-0.1, -0.05) is 23.3 Å². The second-order valence-corrected chi connectivity index (χ2v) is 7.01. The Kier molecular flexibility index (Phi) is 4.39. The maximum atomic E-state index is 13.5. The summed E-state index contributed by atoms with van der Waals surface area (Å²) >= 11 is 0. The van der Waals surface area contributed by atoms with Gasteiger partial charge in [0.1, 0.15) is 23.2 Å². The average molecular weight is 417 g/mol. The quantitative estimate of drug-likeness (QED) is 0.474. The molecule has 2 aromatic heterocycles. The van der Waals surface area contributed by atoms with Crippen LogP contribution in [-0.4, -0.2) is 44.2 Å². The molecule has 0 amide bonds. The Morgan fingerprint density at radius 1 is 1.06 bits per heavy atom. The summed E-state index contributed by atoms with van der Waals surface area (Å²) < 4.78 is 14.0. The molecule has 10 nitrogen and oxygen atoms in total. The molecule has 0 aliphatic carbocycles. The zero-order valence-electron chi connectivity index (χ0n) is 17.1. The van der Waals surface area contributed by atoms with E-state index in [9.17, 15) is 4.79 Å². The van der Waals surface area contributed by atoms with Gasteiger partial charge in [0.25, 0.3) is 5.56 Å². The molecular weight excluding hydrogens is 398 g/mol. The van der Waals surface area contributed by atoms with Crippen LogP contribution in [0.15, 0.2) is 53.3 Å². The number of nitrogens with zero attached hydrogens (tertiary/aromatic N) is 6. The van der Waals surface area contributed by atoms with Crippen molar-refractivity contribution in [2.24, 2.45) is 0 Å². The fourth-order valence-electron chi connectivity index (χ4n) is 3.88. The first-order chi connectivity index (χ1) is 15.1. The lowest BCUT2D eigenvalue weighted by Crippen LogP contribution is -2.33. The van der Waals surface area contributed by atoms with Gasteiger partial charge in [0.2, 0.25) is 5.95 Å². The molecule has 0 saturated heterocycles. The van der Waals surface area contributed by atoms with E-state index in [0.717, 1.165) is 5.56 Å². The third kappa shape index (κ3) is 2.91. The standard InChI is InChI=1S/C21H19N7O3/c1-12-17-18(20(29)27(24-12)13-7-5-4-6-8-13)22-21-23-25-26-28(21)19(17)15-11-14(30-2)9-10-16(15)31-3/h4-11,19H,1-3H3,(H,22,23,26)/t19-/m0/s1. The highest BCUT2D eigenvalue weighted by molar-refractivity contribution is 5.66. The first kappa shape index (κ1) is 18.8. The van der Waals surface area contributed by atoms with E-state index in [1.807, 2.05) is 55.5 Å². The van der Waals surface area contributed by atoms with Crippen LogP contribution < -0.4 is 20.3 Å². The molecule has 156 valence electrons. The number of aryl methyl sites for hydroxylation is 1. The van der Waals surface area contributed by atoms with Crippen molar-refractivity contribution in [1.29, 1.82) is 0 Å². The van der Waals surface area contributed by atoms with E-state index in [2.05, 4.69) is 25.9 Å². The topological polar surface area (TPSA) is 109 Å². The number of nitrogens with one attached hydrogen (secondary N) is 1. The molecule has 4 aromatic rings. The molecule has 31 heavy (non-hydrogen) atoms. The summed E-state index contributed by atoms with van der Waals surface area (Å²) in [7, 11) is 3.18. The van der Waals surface area contributed by atoms with Crippen LogP contribution in [0.5, 0.6) is 11.5 Å². The van der Waals surface area contributed by atoms with Crippen molar-refractivity contribution < 1.29 is 9.47 Å². The minimum Gasteiger partial charge on any atom is -0.497 e. The van der Waals surface area contributed by atoms with Crippen molar-refractivity contribution in [2.75, 3.05) is 19.5 Å². The fourth-order valence-corrected chi connectivity index (χ4v) is 3.88. The summed E-state index contributed by atoms with van der Waals surface area (Å²) in [6.45, 7) is 1.86. The van der Waals surface area contributed by atoms with Gasteiger partial charge in [0.05, 0.1) is 25.6 Å². The molecule has 0 spiro atoms. The van der Waals surface area contributed by atoms with E-state index >= 15 is 0 Å². The number of ether oxygens (including phenoxy) is 2. The molecule has 1 aliphatic rings. The molecule has 3 heterocycles. The van der Waals surface area contributed by atoms with Crippen LogP contribution in [0, 0.1) is 6.92 Å². The number of hydrogen-bond donors (Lipinski definition) is 1. The van der Waals surface area contributed by atoms with E-state index < -0.39 is 6.04 Å². The molecule has 1 N–H and O–H groups in total. The van der Waals surface area contributed by atoms with E-state index in [1.54, 1.807) is 18.9 Å². The van der Waals surface area contributed by atoms with Gasteiger partial charge in [-0.3, -0.25) is 4.79 Å². The number of fused-ring (bicyclic) bond motifs is 2. The van der Waals surface area contributed by atoms with E-state index in [-0.39, 0.29) is 5.56 Å². The number of rotatable bonds is 4. The molecule has 0 fully saturated rings. The lowest BCUT2D eigenvalue weighted by molar-refractivity contribution is 0.392. The number of tetrazole rings is 1. The first-order valence-corrected chi connectivity index (χ1v) is 9.58. The number of methoxy groups -OCH3 is 2. The van der Waals surface area contributed by atoms with Crippen molar-refractivity contribution in [3.63, 3.8) is 0 Å². The maximum absolute atomic E-state index is 13.5. The summed E-state index contributed by atoms with van der Waals surface area (Å²) in [5.41, 5.74) is 2.81. The average Bonchev–Trinajstić information content (AvgIpc) is 3.28. The van der Waals surface area contributed by atoms with Gasteiger partial charge in [-0.05, 0) is 47.7 Å². The van der Waals surface area contributed by atoms with E-state index in [4.69, 9.17) is 9.47 Å². The predicted molar refractivity (Wildman–Crippen MR) is 112 cm³/mol. The summed E-state index contributed by atoms with van der Waals surface area (Å²) in [6, 6.07) is 14.2. The van der Waals surface area contributed by atoms with Crippen molar-refractivity contribution in [1.82, 2.24) is 30.0 Å². The Morgan fingerprint density at radius 3 is 2.61 bits per heavy atom. The Balaban J connectivity index is 1.80. The second kappa shape index (κ2) is 7.24. The number of aromatic nitrogens is 6. The van der Waals surface area contributed by atoms with Gasteiger partial charge in [-0.2, -0.15) is 14.5 Å². The lowest BCUT2D eigenvalue weighted by atomic mass is 9.94. The van der Waals surface area contributed by atoms with Gasteiger partial charge < -0.3 is 14.8 Å². The minimum absolute atomic E-state index is 0.298. The van der Waals surface area contributed by atoms with Gasteiger partial charge in [-0.25, -0.2) is 0 Å². The van der Waals surface area contributed by atoms with Gasteiger partial charge >= 0.3 is 0 Å². The molecule has 5 rings (SSSR count). The van der Waals surface area contributed by atoms with Crippen LogP contribution in [-0.2, 0) is 0 Å². The molecule has 2 aromatic carbocycles. The first-order valence-electron chi connectivity index (χ1n) is 9.58. The predicted octanol–water partition coefficient (Wildman–Crippen LogP) is 2.24. The normalized spacial score (nSPS) is 14.4. The Bertz CT molecular complexity index is 1330. The zero-order chi connectivity index (χ0) is 21.5. The van der Waals surface area contributed by atoms with E-state index in [1.165, 1.54) is 4.68 Å². The van der Waals surface area contributed by atoms with Crippen LogP contribution in [0.1, 0.15) is 22.9 Å². The minimum atomic E-state index is -0.531. The number of hydrogen-bond acceptors (Lipinski definition) is 8. The molecule has 0 saturated carbocycles. The monoisotopic (exact) mass is 417 g/mol. The summed E-state index contributed by atoms with van der Waals surface area (Å²) in [5, 5.41) is 19.7. The molecule has 0 bridgehead atoms. The summed E-state index contributed by atoms with van der Waals surface area (Å²) in [4.78, 5) is 13.5. The van der Waals surface area contributed by atoms with Crippen molar-refractivity contribution in [3.05, 3.63) is 75.7 Å². The van der Waals surface area contributed by atoms with Crippen molar-refractivity contribution >= 4 is 11.6 Å². The number of para-hydroxylation sites is 1. The van der Waals surface area contributed by atoms with Crippen LogP contribution >= 0.6 is 0 Å². The summed E-state index contributed by atoms with van der Waals surface area (Å²) in [6.07, 6.45) is 0. The Hall–Kier alpha value is -4.21. The smallest absolute Gasteiger partial charge is 0.295 e. The Morgan fingerprint density at radius 2 is 1.87 bits per heavy atom. The number of benzene rings is 2. The molecule has 0 unspecified atom stereocenters. The molecule has 1 atom stereocenters. The van der Waals surface area contributed by atoms with E-state index in [0.29, 0.717) is 40.1 Å². The van der Waals surface area contributed by atoms with Crippen molar-refractivity contribution in [2.45, 2.75) is 13.0 Å². The van der Waals surface area contributed by atoms with Gasteiger partial charge in [-0.15, -0.1) is 0 Å². The zero-order valence-corrected chi connectivity index (χ0v) is 17.1. The van der Waals surface area contributed by atoms with Crippen LogP contribution in [0.4, 0.5) is 11.6 Å². The van der Waals surface area contributed by atoms with Crippen LogP contribution in [0.25, 0.3) is 5.69 Å². The highest BCUT2D eigenvalue weighted by atomic mass is 16.5. The fraction of sp³-hybridized carbons (Fsp3) is 0.190. The SMILES string of the molecule is COc1ccc(OC)c([C@H]2c3c(C)nn(-c4ccccc4)c(=O)c3Nc3nnnn32)c1. The highest BCUT2D eigenvalue weighted by Crippen LogP contribution is 2.42. The summed E-state index contributed by atoms with van der Waals surface area (Å²) in [5.74, 6) is 1.62. The largest absolute Gasteiger partial charge is 0.497 e. The number of anilines is 2. The maximum Gasteiger partial charge on any atom is 0.295 e. The highest BCUT2D eigenvalue weighted by Gasteiger charge is 2.35. The molecule has 1 aliphatic heterocycles. The molecule has 10 heteroatoms. The third-order valence-electron chi connectivity index (χ3n) is 5.30. The molecular formula is C21H19N7O3. The van der Waals surface area contributed by atoms with Crippen LogP contribution in [0.3, 0.4) is 0 Å². The van der Waals surface area contributed by atoms with Crippen molar-refractivity contribution in [3.8, 4) is 17.2 Å². The molecule has 0 radical (unpaired) electrons. The third-order valence-corrected chi connectivity index (χ3v) is 5.30. The van der Waals surface area contributed by atoms with Crippen LogP contribution in [0.2, 0.25) is 0 Å². The Labute approximate surface area is 177 Å². The second-order valence-electron chi connectivity index (χ2n) is 7.01. The van der Waals surface area contributed by atoms with Gasteiger partial charge in [0.15, 0.2) is 0 Å². The van der Waals surface area contributed by atoms with Gasteiger partial charge in [0, 0.05) is 11.1 Å².